The molecule has 1 heterocycles. The van der Waals surface area contributed by atoms with Crippen LogP contribution in [0, 0.1) is 28.6 Å². The van der Waals surface area contributed by atoms with Crippen molar-refractivity contribution in [2.75, 3.05) is 0 Å². The van der Waals surface area contributed by atoms with E-state index in [4.69, 9.17) is 9.47 Å². The highest BCUT2D eigenvalue weighted by molar-refractivity contribution is 5.66. The molecule has 7 heteroatoms. The Kier molecular flexibility index (Phi) is 3.73. The highest BCUT2D eigenvalue weighted by Crippen LogP contribution is 2.73. The van der Waals surface area contributed by atoms with Gasteiger partial charge in [-0.15, -0.1) is 0 Å². The molecule has 0 aromatic carbocycles. The van der Waals surface area contributed by atoms with E-state index in [1.54, 1.807) is 13.8 Å². The Morgan fingerprint density at radius 2 is 1.76 bits per heavy atom. The fraction of sp³-hybridized carbons (Fsp3) is 0.955. The molecule has 1 aliphatic heterocycles. The predicted molar refractivity (Wildman–Crippen MR) is 102 cm³/mol. The minimum Gasteiger partial charge on any atom is -0.459 e. The molecule has 7 nitrogen and oxygen atoms in total. The molecule has 4 N–H and O–H groups in total. The van der Waals surface area contributed by atoms with Gasteiger partial charge >= 0.3 is 5.97 Å². The van der Waals surface area contributed by atoms with Crippen LogP contribution in [-0.2, 0) is 14.3 Å². The van der Waals surface area contributed by atoms with Crippen molar-refractivity contribution < 1.29 is 34.7 Å². The molecule has 1 spiro atoms. The first-order chi connectivity index (χ1) is 13.2. The van der Waals surface area contributed by atoms with Crippen molar-refractivity contribution in [3.8, 4) is 0 Å². The van der Waals surface area contributed by atoms with E-state index in [0.717, 1.165) is 0 Å². The van der Waals surface area contributed by atoms with E-state index < -0.39 is 51.7 Å². The molecule has 5 rings (SSSR count). The van der Waals surface area contributed by atoms with Crippen molar-refractivity contribution in [1.29, 1.82) is 0 Å². The second-order valence-corrected chi connectivity index (χ2v) is 11.5. The molecule has 0 amide bonds. The molecule has 4 saturated carbocycles. The van der Waals surface area contributed by atoms with Gasteiger partial charge in [0.1, 0.15) is 11.7 Å². The zero-order chi connectivity index (χ0) is 21.4. The standard InChI is InChI=1S/C22H34O7/c1-10(23)28-13-8-21-9-19(4,25)11(16(21)24)6-7-12(21)20(5,26)15-14-17(29-14)18(2,3)22(13,15)27/h11-17,24-27H,6-9H2,1-5H3/t11-,12+,13+,14-,15-,16+,17-,19-,20-,21+,22+/m0/s1. The van der Waals surface area contributed by atoms with Crippen LogP contribution in [0.5, 0.6) is 0 Å². The van der Waals surface area contributed by atoms with Gasteiger partial charge in [-0.25, -0.2) is 0 Å². The SMILES string of the molecule is CC(=O)O[C@@H]1C[C@@]23C[C@](C)(O)[C@@H](CC[C@@H]2[C@](C)(O)[C@@H]2[C@@H]4O[C@@H]4C(C)(C)[C@@]12O)[C@H]3O. The summed E-state index contributed by atoms with van der Waals surface area (Å²) in [5.74, 6) is -1.78. The van der Waals surface area contributed by atoms with Gasteiger partial charge < -0.3 is 29.9 Å². The Labute approximate surface area is 171 Å². The zero-order valence-electron chi connectivity index (χ0n) is 17.9. The number of hydrogen-bond acceptors (Lipinski definition) is 7. The molecule has 5 aliphatic rings. The molecule has 0 aromatic heterocycles. The number of carbonyl (C=O) groups is 1. The molecule has 0 unspecified atom stereocenters. The van der Waals surface area contributed by atoms with E-state index in [0.29, 0.717) is 19.3 Å². The first kappa shape index (κ1) is 20.2. The zero-order valence-corrected chi connectivity index (χ0v) is 17.9. The van der Waals surface area contributed by atoms with Crippen LogP contribution in [-0.4, -0.2) is 67.6 Å². The quantitative estimate of drug-likeness (QED) is 0.372. The normalized spacial score (nSPS) is 61.9. The molecule has 2 bridgehead atoms. The Bertz CT molecular complexity index is 760. The van der Waals surface area contributed by atoms with E-state index in [9.17, 15) is 25.2 Å². The first-order valence-electron chi connectivity index (χ1n) is 10.9. The van der Waals surface area contributed by atoms with Gasteiger partial charge in [0.15, 0.2) is 0 Å². The van der Waals surface area contributed by atoms with Crippen LogP contribution in [0.25, 0.3) is 0 Å². The largest absolute Gasteiger partial charge is 0.459 e. The molecule has 164 valence electrons. The smallest absolute Gasteiger partial charge is 0.303 e. The van der Waals surface area contributed by atoms with Gasteiger partial charge in [0.2, 0.25) is 0 Å². The first-order valence-corrected chi connectivity index (χ1v) is 10.9. The molecule has 5 fully saturated rings. The number of carbonyl (C=O) groups excluding carboxylic acids is 1. The lowest BCUT2D eigenvalue weighted by Gasteiger charge is -2.51. The minimum absolute atomic E-state index is 0.205. The Balaban J connectivity index is 1.71. The summed E-state index contributed by atoms with van der Waals surface area (Å²) in [7, 11) is 0. The third-order valence-electron chi connectivity index (χ3n) is 9.69. The maximum absolute atomic E-state index is 12.2. The third kappa shape index (κ3) is 2.14. The predicted octanol–water partition coefficient (Wildman–Crippen LogP) is 0.755. The minimum atomic E-state index is -1.49. The van der Waals surface area contributed by atoms with Crippen LogP contribution in [0.2, 0.25) is 0 Å². The number of hydrogen-bond donors (Lipinski definition) is 4. The monoisotopic (exact) mass is 410 g/mol. The van der Waals surface area contributed by atoms with Crippen molar-refractivity contribution in [3.63, 3.8) is 0 Å². The van der Waals surface area contributed by atoms with E-state index in [1.807, 2.05) is 13.8 Å². The third-order valence-corrected chi connectivity index (χ3v) is 9.69. The lowest BCUT2D eigenvalue weighted by atomic mass is 9.57. The maximum atomic E-state index is 12.2. The Hall–Kier alpha value is -0.730. The average molecular weight is 411 g/mol. The molecule has 4 aliphatic carbocycles. The van der Waals surface area contributed by atoms with Crippen LogP contribution >= 0.6 is 0 Å². The van der Waals surface area contributed by atoms with Crippen molar-refractivity contribution in [2.45, 2.75) is 102 Å². The van der Waals surface area contributed by atoms with Gasteiger partial charge in [0.05, 0.1) is 29.5 Å². The molecule has 1 saturated heterocycles. The summed E-state index contributed by atoms with van der Waals surface area (Å²) in [5, 5.41) is 46.6. The van der Waals surface area contributed by atoms with Gasteiger partial charge in [-0.05, 0) is 45.4 Å². The fourth-order valence-corrected chi connectivity index (χ4v) is 8.56. The number of aliphatic hydroxyl groups is 4. The average Bonchev–Trinajstić information content (AvgIpc) is 3.29. The lowest BCUT2D eigenvalue weighted by Crippen LogP contribution is -2.63. The van der Waals surface area contributed by atoms with Gasteiger partial charge in [-0.3, -0.25) is 4.79 Å². The summed E-state index contributed by atoms with van der Waals surface area (Å²) in [6.07, 6.45) is -0.461. The molecule has 0 radical (unpaired) electrons. The number of fused-ring (bicyclic) bond motifs is 4. The summed E-state index contributed by atoms with van der Waals surface area (Å²) in [6, 6.07) is 0. The van der Waals surface area contributed by atoms with E-state index >= 15 is 0 Å². The molecule has 11 atom stereocenters. The second kappa shape index (κ2) is 5.36. The van der Waals surface area contributed by atoms with Crippen LogP contribution < -0.4 is 0 Å². The van der Waals surface area contributed by atoms with Crippen molar-refractivity contribution in [1.82, 2.24) is 0 Å². The van der Waals surface area contributed by atoms with E-state index in [2.05, 4.69) is 0 Å². The van der Waals surface area contributed by atoms with E-state index in [1.165, 1.54) is 6.92 Å². The number of epoxide rings is 1. The van der Waals surface area contributed by atoms with Gasteiger partial charge in [-0.1, -0.05) is 13.8 Å². The number of ether oxygens (including phenoxy) is 2. The van der Waals surface area contributed by atoms with Crippen molar-refractivity contribution >= 4 is 5.97 Å². The van der Waals surface area contributed by atoms with Crippen molar-refractivity contribution in [2.24, 2.45) is 28.6 Å². The highest BCUT2D eigenvalue weighted by atomic mass is 16.6. The highest BCUT2D eigenvalue weighted by Gasteiger charge is 2.83. The summed E-state index contributed by atoms with van der Waals surface area (Å²) >= 11 is 0. The van der Waals surface area contributed by atoms with Crippen LogP contribution in [0.1, 0.15) is 60.3 Å². The van der Waals surface area contributed by atoms with Crippen molar-refractivity contribution in [3.05, 3.63) is 0 Å². The topological polar surface area (TPSA) is 120 Å². The fourth-order valence-electron chi connectivity index (χ4n) is 8.56. The summed E-state index contributed by atoms with van der Waals surface area (Å²) in [5.41, 5.74) is -5.48. The van der Waals surface area contributed by atoms with Crippen LogP contribution in [0.3, 0.4) is 0 Å². The summed E-state index contributed by atoms with van der Waals surface area (Å²) < 4.78 is 11.6. The second-order valence-electron chi connectivity index (χ2n) is 11.5. The van der Waals surface area contributed by atoms with Gasteiger partial charge in [0, 0.05) is 29.6 Å². The summed E-state index contributed by atoms with van der Waals surface area (Å²) in [4.78, 5) is 12.1. The summed E-state index contributed by atoms with van der Waals surface area (Å²) in [6.45, 7) is 8.62. The van der Waals surface area contributed by atoms with E-state index in [-0.39, 0.29) is 30.5 Å². The Morgan fingerprint density at radius 1 is 1.10 bits per heavy atom. The molecule has 29 heavy (non-hydrogen) atoms. The molecular weight excluding hydrogens is 376 g/mol. The van der Waals surface area contributed by atoms with Crippen LogP contribution in [0.15, 0.2) is 0 Å². The number of aliphatic hydroxyl groups excluding tert-OH is 1. The maximum Gasteiger partial charge on any atom is 0.303 e. The lowest BCUT2D eigenvalue weighted by molar-refractivity contribution is -0.230. The number of rotatable bonds is 1. The van der Waals surface area contributed by atoms with Gasteiger partial charge in [-0.2, -0.15) is 0 Å². The Morgan fingerprint density at radius 3 is 2.38 bits per heavy atom. The molecule has 0 aromatic rings. The number of esters is 1. The van der Waals surface area contributed by atoms with Crippen LogP contribution in [0.4, 0.5) is 0 Å². The van der Waals surface area contributed by atoms with Gasteiger partial charge in [0.25, 0.3) is 0 Å². The molecular formula is C22H34O7.